The number of fused-ring (bicyclic) bond motifs is 1. The standard InChI is InChI=1S/C24H22N6O/c1-14-4-6-27-12-20(14)16-7-17-9-23(28-13-21(17)22(25)8-16)29-24(30-31)19-10-18(19)15-3-2-5-26-11-15/h2-9,11-13,18-19,31H,10,25H2,1H3,(H,28,29,30). The lowest BCUT2D eigenvalue weighted by molar-refractivity contribution is 0.230. The number of benzene rings is 1. The van der Waals surface area contributed by atoms with Crippen molar-refractivity contribution in [3.63, 3.8) is 0 Å². The molecule has 0 spiro atoms. The third-order valence-corrected chi connectivity index (χ3v) is 5.81. The van der Waals surface area contributed by atoms with E-state index >= 15 is 0 Å². The molecule has 1 fully saturated rings. The first-order chi connectivity index (χ1) is 15.1. The first-order valence-electron chi connectivity index (χ1n) is 10.1. The molecule has 1 aromatic carbocycles. The number of hydrogen-bond acceptors (Lipinski definition) is 6. The molecule has 0 bridgehead atoms. The summed E-state index contributed by atoms with van der Waals surface area (Å²) in [5.41, 5.74) is 13.5. The summed E-state index contributed by atoms with van der Waals surface area (Å²) >= 11 is 0. The van der Waals surface area contributed by atoms with E-state index in [0.29, 0.717) is 23.3 Å². The largest absolute Gasteiger partial charge is 0.398 e. The highest BCUT2D eigenvalue weighted by Crippen LogP contribution is 2.48. The molecule has 154 valence electrons. The van der Waals surface area contributed by atoms with Crippen LogP contribution in [0.3, 0.4) is 0 Å². The summed E-state index contributed by atoms with van der Waals surface area (Å²) in [6.07, 6.45) is 9.87. The van der Waals surface area contributed by atoms with E-state index in [4.69, 9.17) is 5.73 Å². The van der Waals surface area contributed by atoms with Gasteiger partial charge >= 0.3 is 0 Å². The first kappa shape index (κ1) is 19.1. The third kappa shape index (κ3) is 3.71. The molecule has 1 saturated carbocycles. The van der Waals surface area contributed by atoms with Gasteiger partial charge < -0.3 is 5.73 Å². The van der Waals surface area contributed by atoms with Crippen LogP contribution in [0.2, 0.25) is 0 Å². The Morgan fingerprint density at radius 2 is 2.00 bits per heavy atom. The minimum Gasteiger partial charge on any atom is -0.398 e. The molecule has 7 heteroatoms. The van der Waals surface area contributed by atoms with Crippen molar-refractivity contribution >= 4 is 28.1 Å². The molecule has 1 aliphatic rings. The summed E-state index contributed by atoms with van der Waals surface area (Å²) in [6.45, 7) is 2.05. The molecule has 1 aliphatic carbocycles. The zero-order valence-electron chi connectivity index (χ0n) is 17.0. The van der Waals surface area contributed by atoms with E-state index < -0.39 is 0 Å². The van der Waals surface area contributed by atoms with Crippen LogP contribution in [0.4, 0.5) is 11.5 Å². The molecule has 2 unspecified atom stereocenters. The second-order valence-corrected chi connectivity index (χ2v) is 7.86. The Morgan fingerprint density at radius 3 is 2.77 bits per heavy atom. The zero-order valence-corrected chi connectivity index (χ0v) is 17.0. The van der Waals surface area contributed by atoms with Crippen molar-refractivity contribution in [2.75, 3.05) is 5.73 Å². The Hall–Kier alpha value is -3.84. The van der Waals surface area contributed by atoms with Gasteiger partial charge in [0.25, 0.3) is 0 Å². The van der Waals surface area contributed by atoms with Gasteiger partial charge in [-0.15, -0.1) is 0 Å². The smallest absolute Gasteiger partial charge is 0.154 e. The fourth-order valence-electron chi connectivity index (χ4n) is 4.03. The van der Waals surface area contributed by atoms with Crippen LogP contribution in [0, 0.1) is 12.8 Å². The Morgan fingerprint density at radius 1 is 1.13 bits per heavy atom. The Bertz CT molecular complexity index is 1290. The minimum absolute atomic E-state index is 0.112. The molecule has 0 saturated heterocycles. The van der Waals surface area contributed by atoms with Crippen molar-refractivity contribution < 1.29 is 5.21 Å². The number of aromatic nitrogens is 3. The number of nitrogens with one attached hydrogen (secondary N) is 1. The quantitative estimate of drug-likeness (QED) is 0.199. The Balaban J connectivity index is 1.49. The number of hydrogen-bond donors (Lipinski definition) is 3. The van der Waals surface area contributed by atoms with Crippen molar-refractivity contribution in [1.82, 2.24) is 20.4 Å². The predicted octanol–water partition coefficient (Wildman–Crippen LogP) is 4.39. The lowest BCUT2D eigenvalue weighted by Crippen LogP contribution is -2.21. The number of hydroxylamine groups is 1. The highest BCUT2D eigenvalue weighted by atomic mass is 16.5. The van der Waals surface area contributed by atoms with Crippen LogP contribution in [0.15, 0.2) is 72.4 Å². The maximum absolute atomic E-state index is 9.69. The number of aliphatic imine (C=N–C) groups is 1. The number of amidine groups is 1. The predicted molar refractivity (Wildman–Crippen MR) is 121 cm³/mol. The fourth-order valence-corrected chi connectivity index (χ4v) is 4.03. The summed E-state index contributed by atoms with van der Waals surface area (Å²) in [5.74, 6) is 1.43. The summed E-state index contributed by atoms with van der Waals surface area (Å²) in [7, 11) is 0. The number of nitrogens with zero attached hydrogens (tertiary/aromatic N) is 4. The molecular formula is C24H22N6O. The van der Waals surface area contributed by atoms with Crippen molar-refractivity contribution in [2.45, 2.75) is 19.3 Å². The van der Waals surface area contributed by atoms with Crippen LogP contribution in [0.25, 0.3) is 21.9 Å². The van der Waals surface area contributed by atoms with Gasteiger partial charge in [0.2, 0.25) is 0 Å². The number of rotatable bonds is 4. The molecule has 4 aromatic rings. The van der Waals surface area contributed by atoms with Gasteiger partial charge in [0, 0.05) is 53.5 Å². The maximum Gasteiger partial charge on any atom is 0.154 e. The van der Waals surface area contributed by atoms with E-state index in [0.717, 1.165) is 39.4 Å². The second kappa shape index (κ2) is 7.77. The van der Waals surface area contributed by atoms with Crippen LogP contribution in [-0.2, 0) is 0 Å². The molecule has 0 radical (unpaired) electrons. The average molecular weight is 410 g/mol. The van der Waals surface area contributed by atoms with Gasteiger partial charge in [-0.3, -0.25) is 20.7 Å². The molecule has 5 rings (SSSR count). The molecule has 4 N–H and O–H groups in total. The molecule has 0 aliphatic heterocycles. The molecule has 2 atom stereocenters. The summed E-state index contributed by atoms with van der Waals surface area (Å²) in [5, 5.41) is 11.5. The van der Waals surface area contributed by atoms with Gasteiger partial charge in [-0.1, -0.05) is 6.07 Å². The normalized spacial score (nSPS) is 18.2. The van der Waals surface area contributed by atoms with Crippen LogP contribution < -0.4 is 11.2 Å². The summed E-state index contributed by atoms with van der Waals surface area (Å²) in [4.78, 5) is 17.4. The van der Waals surface area contributed by atoms with Crippen molar-refractivity contribution in [3.05, 3.63) is 78.5 Å². The lowest BCUT2D eigenvalue weighted by Gasteiger charge is -2.10. The molecule has 0 amide bonds. The van der Waals surface area contributed by atoms with Gasteiger partial charge in [0.05, 0.1) is 0 Å². The van der Waals surface area contributed by atoms with Crippen LogP contribution in [0.1, 0.15) is 23.5 Å². The monoisotopic (exact) mass is 410 g/mol. The van der Waals surface area contributed by atoms with Gasteiger partial charge in [0.1, 0.15) is 5.84 Å². The highest BCUT2D eigenvalue weighted by Gasteiger charge is 2.42. The van der Waals surface area contributed by atoms with E-state index in [1.165, 1.54) is 0 Å². The van der Waals surface area contributed by atoms with Crippen molar-refractivity contribution in [3.8, 4) is 11.1 Å². The van der Waals surface area contributed by atoms with E-state index in [1.807, 2.05) is 49.6 Å². The van der Waals surface area contributed by atoms with Crippen LogP contribution in [0.5, 0.6) is 0 Å². The van der Waals surface area contributed by atoms with Crippen molar-refractivity contribution in [2.24, 2.45) is 10.9 Å². The zero-order chi connectivity index (χ0) is 21.4. The van der Waals surface area contributed by atoms with E-state index in [9.17, 15) is 5.21 Å². The topological polar surface area (TPSA) is 109 Å². The summed E-state index contributed by atoms with van der Waals surface area (Å²) < 4.78 is 0. The van der Waals surface area contributed by atoms with E-state index in [2.05, 4.69) is 31.5 Å². The van der Waals surface area contributed by atoms with Gasteiger partial charge in [-0.25, -0.2) is 9.98 Å². The molecule has 3 aromatic heterocycles. The second-order valence-electron chi connectivity index (χ2n) is 7.86. The Kier molecular flexibility index (Phi) is 4.80. The summed E-state index contributed by atoms with van der Waals surface area (Å²) in [6, 6.07) is 11.8. The highest BCUT2D eigenvalue weighted by molar-refractivity contribution is 5.98. The van der Waals surface area contributed by atoms with Gasteiger partial charge in [-0.05, 0) is 71.7 Å². The Labute approximate surface area is 179 Å². The van der Waals surface area contributed by atoms with Gasteiger partial charge in [-0.2, -0.15) is 0 Å². The molecule has 3 heterocycles. The third-order valence-electron chi connectivity index (χ3n) is 5.81. The van der Waals surface area contributed by atoms with Crippen molar-refractivity contribution in [1.29, 1.82) is 0 Å². The molecule has 31 heavy (non-hydrogen) atoms. The van der Waals surface area contributed by atoms with E-state index in [1.54, 1.807) is 18.6 Å². The van der Waals surface area contributed by atoms with Crippen LogP contribution in [-0.4, -0.2) is 26.0 Å². The van der Waals surface area contributed by atoms with Crippen LogP contribution >= 0.6 is 0 Å². The maximum atomic E-state index is 9.69. The number of anilines is 1. The first-order valence-corrected chi connectivity index (χ1v) is 10.1. The van der Waals surface area contributed by atoms with Gasteiger partial charge in [0.15, 0.2) is 5.82 Å². The SMILES string of the molecule is Cc1ccncc1-c1cc(N)c2cnc(N=C(NO)C3CC3c3cccnc3)cc2c1. The average Bonchev–Trinajstić information content (AvgIpc) is 3.59. The number of pyridine rings is 3. The lowest BCUT2D eigenvalue weighted by atomic mass is 9.99. The molecular weight excluding hydrogens is 388 g/mol. The number of nitrogen functional groups attached to an aromatic ring is 1. The number of nitrogens with two attached hydrogens (primary N) is 1. The van der Waals surface area contributed by atoms with E-state index in [-0.39, 0.29) is 5.92 Å². The fraction of sp³-hybridized carbons (Fsp3) is 0.167. The minimum atomic E-state index is 0.112. The molecule has 7 nitrogen and oxygen atoms in total. The number of aryl methyl sites for hydroxylation is 1.